The normalized spacial score (nSPS) is 20.6. The molecule has 2 aromatic heterocycles. The molecule has 3 fully saturated rings. The maximum Gasteiger partial charge on any atom is 0.410 e. The van der Waals surface area contributed by atoms with Crippen LogP contribution in [0.15, 0.2) is 54.9 Å². The second-order valence-corrected chi connectivity index (χ2v) is 17.1. The number of aromatic nitrogens is 4. The van der Waals surface area contributed by atoms with Gasteiger partial charge in [-0.2, -0.15) is 10.2 Å². The number of rotatable bonds is 13. The summed E-state index contributed by atoms with van der Waals surface area (Å²) in [5.74, 6) is 0.561. The number of hydrogen-bond donors (Lipinski definition) is 1. The van der Waals surface area contributed by atoms with Gasteiger partial charge in [-0.25, -0.2) is 19.0 Å². The van der Waals surface area contributed by atoms with Gasteiger partial charge >= 0.3 is 18.2 Å². The number of phenolic OH excluding ortho intramolecular Hbond substituents is 1. The molecule has 2 heterocycles. The lowest BCUT2D eigenvalue weighted by molar-refractivity contribution is -0.154. The molecule has 2 unspecified atom stereocenters. The molecule has 0 saturated heterocycles. The number of amides is 2. The van der Waals surface area contributed by atoms with Crippen molar-refractivity contribution in [1.82, 2.24) is 29.4 Å². The minimum atomic E-state index is -0.423. The number of aryl methyl sites for hydroxylation is 2. The highest BCUT2D eigenvalue weighted by molar-refractivity contribution is 5.72. The van der Waals surface area contributed by atoms with E-state index in [1.807, 2.05) is 51.6 Å². The van der Waals surface area contributed by atoms with Crippen molar-refractivity contribution in [3.63, 3.8) is 0 Å². The Morgan fingerprint density at radius 2 is 1.40 bits per heavy atom. The van der Waals surface area contributed by atoms with Gasteiger partial charge in [-0.3, -0.25) is 4.79 Å². The number of esters is 1. The molecule has 14 heteroatoms. The van der Waals surface area contributed by atoms with Gasteiger partial charge in [0, 0.05) is 26.2 Å². The summed E-state index contributed by atoms with van der Waals surface area (Å²) >= 11 is 0. The van der Waals surface area contributed by atoms with Crippen molar-refractivity contribution in [2.75, 3.05) is 14.1 Å². The van der Waals surface area contributed by atoms with Gasteiger partial charge in [0.05, 0.1) is 53.3 Å². The van der Waals surface area contributed by atoms with Gasteiger partial charge in [0.2, 0.25) is 0 Å². The third-order valence-corrected chi connectivity index (χ3v) is 12.6. The van der Waals surface area contributed by atoms with Gasteiger partial charge < -0.3 is 33.9 Å². The molecule has 2 aromatic carbocycles. The average molecular weight is 825 g/mol. The summed E-state index contributed by atoms with van der Waals surface area (Å²) in [5, 5.41) is 19.0. The topological polar surface area (TPSA) is 150 Å². The van der Waals surface area contributed by atoms with Crippen molar-refractivity contribution in [2.24, 2.45) is 5.92 Å². The lowest BCUT2D eigenvalue weighted by Crippen LogP contribution is -2.36. The molecule has 322 valence electrons. The lowest BCUT2D eigenvalue weighted by atomic mass is 9.87. The number of carbonyl (C=O) groups excluding carboxylic acids is 3. The molecule has 7 rings (SSSR count). The van der Waals surface area contributed by atoms with E-state index in [9.17, 15) is 19.5 Å². The summed E-state index contributed by atoms with van der Waals surface area (Å²) in [6.45, 7) is 7.75. The van der Waals surface area contributed by atoms with E-state index in [-0.39, 0.29) is 67.2 Å². The first kappa shape index (κ1) is 42.6. The zero-order chi connectivity index (χ0) is 42.5. The van der Waals surface area contributed by atoms with Crippen molar-refractivity contribution in [3.8, 4) is 22.9 Å². The van der Waals surface area contributed by atoms with Crippen LogP contribution < -0.4 is 4.74 Å². The van der Waals surface area contributed by atoms with Crippen LogP contribution >= 0.6 is 0 Å². The van der Waals surface area contributed by atoms with E-state index in [0.717, 1.165) is 97.2 Å². The highest BCUT2D eigenvalue weighted by Crippen LogP contribution is 2.42. The van der Waals surface area contributed by atoms with E-state index in [0.29, 0.717) is 18.6 Å². The molecule has 3 saturated carbocycles. The molecule has 3 aliphatic carbocycles. The third kappa shape index (κ3) is 9.74. The maximum absolute atomic E-state index is 13.6. The van der Waals surface area contributed by atoms with E-state index in [1.54, 1.807) is 58.2 Å². The Labute approximate surface area is 352 Å². The lowest BCUT2D eigenvalue weighted by Gasteiger charge is -2.29. The number of nitrogens with zero attached hydrogens (tertiary/aromatic N) is 6. The van der Waals surface area contributed by atoms with E-state index in [2.05, 4.69) is 11.2 Å². The monoisotopic (exact) mass is 824 g/mol. The standard InChI is InChI=1S/C46H60N6O8/c1-29(2)59-44(54)33-10-9-13-38(23-33)60-39-20-21-41(52-43(31(4)26-48-52)28-58-45(55)49(5)34-11-7-8-12-34)40(24-39)32-14-15-36(22-32)50(6)46(56)57-27-42-30(3)25-47-51(42)35-16-18-37(53)19-17-35/h16-21,24-26,29,32-34,36,38,53H,7-15,22-23,27-28H2,1-6H3/t32?,33-,36?,38-/m0/s1. The summed E-state index contributed by atoms with van der Waals surface area (Å²) in [5.41, 5.74) is 5.97. The second-order valence-electron chi connectivity index (χ2n) is 17.1. The van der Waals surface area contributed by atoms with Gasteiger partial charge in [-0.1, -0.05) is 12.8 Å². The molecule has 3 aliphatic rings. The molecule has 2 amide bonds. The number of carbonyl (C=O) groups is 3. The quantitative estimate of drug-likeness (QED) is 0.102. The van der Waals surface area contributed by atoms with Crippen molar-refractivity contribution in [2.45, 2.75) is 142 Å². The van der Waals surface area contributed by atoms with Crippen LogP contribution in [0.25, 0.3) is 11.4 Å². The second kappa shape index (κ2) is 18.8. The van der Waals surface area contributed by atoms with Crippen LogP contribution in [-0.2, 0) is 32.2 Å². The van der Waals surface area contributed by atoms with E-state index in [4.69, 9.17) is 24.0 Å². The van der Waals surface area contributed by atoms with Crippen LogP contribution in [0.3, 0.4) is 0 Å². The van der Waals surface area contributed by atoms with Crippen molar-refractivity contribution < 1.29 is 38.4 Å². The van der Waals surface area contributed by atoms with E-state index in [1.165, 1.54) is 0 Å². The van der Waals surface area contributed by atoms with Gasteiger partial charge in [0.15, 0.2) is 0 Å². The first-order valence-corrected chi connectivity index (χ1v) is 21.5. The highest BCUT2D eigenvalue weighted by atomic mass is 16.6. The fraction of sp³-hybridized carbons (Fsp3) is 0.543. The minimum absolute atomic E-state index is 0.0369. The number of benzene rings is 2. The molecule has 4 atom stereocenters. The summed E-state index contributed by atoms with van der Waals surface area (Å²) in [6.07, 6.45) is 12.1. The zero-order valence-electron chi connectivity index (χ0n) is 35.8. The molecule has 0 aliphatic heterocycles. The van der Waals surface area contributed by atoms with Gasteiger partial charge in [-0.15, -0.1) is 0 Å². The summed E-state index contributed by atoms with van der Waals surface area (Å²) < 4.78 is 27.6. The Balaban J connectivity index is 1.09. The molecular weight excluding hydrogens is 765 g/mol. The SMILES string of the molecule is Cc1cnn(-c2ccc(O)cc2)c1COC(=O)N(C)C1CCC(c2cc(O[C@H]3CCC[C@H](C(=O)OC(C)C)C3)ccc2-n2ncc(C)c2COC(=O)N(C)C2CCCC2)C1. The third-order valence-electron chi connectivity index (χ3n) is 12.6. The van der Waals surface area contributed by atoms with Gasteiger partial charge in [0.1, 0.15) is 24.7 Å². The van der Waals surface area contributed by atoms with Crippen LogP contribution in [0.2, 0.25) is 0 Å². The van der Waals surface area contributed by atoms with Crippen molar-refractivity contribution >= 4 is 18.2 Å². The molecule has 0 radical (unpaired) electrons. The molecule has 1 N–H and O–H groups in total. The van der Waals surface area contributed by atoms with Crippen molar-refractivity contribution in [3.05, 3.63) is 82.9 Å². The van der Waals surface area contributed by atoms with Gasteiger partial charge in [-0.05, 0) is 151 Å². The largest absolute Gasteiger partial charge is 0.508 e. The Bertz CT molecular complexity index is 2120. The summed E-state index contributed by atoms with van der Waals surface area (Å²) in [7, 11) is 3.61. The summed E-state index contributed by atoms with van der Waals surface area (Å²) in [4.78, 5) is 43.0. The van der Waals surface area contributed by atoms with E-state index < -0.39 is 6.09 Å². The molecule has 4 aromatic rings. The number of phenols is 1. The fourth-order valence-electron chi connectivity index (χ4n) is 9.04. The van der Waals surface area contributed by atoms with Crippen LogP contribution in [0.5, 0.6) is 11.5 Å². The van der Waals surface area contributed by atoms with Crippen LogP contribution in [0.1, 0.15) is 118 Å². The molecular formula is C46H60N6O8. The van der Waals surface area contributed by atoms with E-state index >= 15 is 0 Å². The summed E-state index contributed by atoms with van der Waals surface area (Å²) in [6, 6.07) is 12.9. The highest BCUT2D eigenvalue weighted by Gasteiger charge is 2.35. The predicted octanol–water partition coefficient (Wildman–Crippen LogP) is 8.69. The Hall–Kier alpha value is -5.53. The number of aromatic hydroxyl groups is 1. The maximum atomic E-state index is 13.6. The Kier molecular flexibility index (Phi) is 13.4. The first-order chi connectivity index (χ1) is 28.9. The van der Waals surface area contributed by atoms with Crippen LogP contribution in [0, 0.1) is 19.8 Å². The van der Waals surface area contributed by atoms with Crippen LogP contribution in [0.4, 0.5) is 9.59 Å². The van der Waals surface area contributed by atoms with Crippen molar-refractivity contribution in [1.29, 1.82) is 0 Å². The molecule has 0 bridgehead atoms. The predicted molar refractivity (Wildman–Crippen MR) is 224 cm³/mol. The first-order valence-electron chi connectivity index (χ1n) is 21.5. The minimum Gasteiger partial charge on any atom is -0.508 e. The molecule has 14 nitrogen and oxygen atoms in total. The smallest absolute Gasteiger partial charge is 0.410 e. The van der Waals surface area contributed by atoms with Gasteiger partial charge in [0.25, 0.3) is 0 Å². The Morgan fingerprint density at radius 1 is 0.767 bits per heavy atom. The zero-order valence-corrected chi connectivity index (χ0v) is 35.8. The molecule has 60 heavy (non-hydrogen) atoms. The number of ether oxygens (including phenoxy) is 4. The number of hydrogen-bond acceptors (Lipinski definition) is 10. The van der Waals surface area contributed by atoms with Crippen LogP contribution in [-0.4, -0.2) is 91.0 Å². The average Bonchev–Trinajstić information content (AvgIpc) is 4.07. The fourth-order valence-corrected chi connectivity index (χ4v) is 9.04. The Morgan fingerprint density at radius 3 is 2.07 bits per heavy atom. The molecule has 0 spiro atoms.